The van der Waals surface area contributed by atoms with Crippen LogP contribution in [0.15, 0.2) is 11.6 Å². The first-order valence-electron chi connectivity index (χ1n) is 5.85. The van der Waals surface area contributed by atoms with Crippen LogP contribution in [-0.2, 0) is 6.42 Å². The highest BCUT2D eigenvalue weighted by Gasteiger charge is 2.27. The van der Waals surface area contributed by atoms with Crippen molar-refractivity contribution in [3.63, 3.8) is 0 Å². The highest BCUT2D eigenvalue weighted by Crippen LogP contribution is 2.31. The Balaban J connectivity index is 1.98. The summed E-state index contributed by atoms with van der Waals surface area (Å²) in [5.74, 6) is 1.67. The van der Waals surface area contributed by atoms with E-state index in [9.17, 15) is 0 Å². The summed E-state index contributed by atoms with van der Waals surface area (Å²) in [4.78, 5) is 4.39. The minimum Gasteiger partial charge on any atom is -0.317 e. The van der Waals surface area contributed by atoms with Crippen LogP contribution in [0, 0.1) is 11.8 Å². The number of thiazole rings is 1. The molecule has 1 aliphatic rings. The van der Waals surface area contributed by atoms with E-state index >= 15 is 0 Å². The molecule has 0 radical (unpaired) electrons. The van der Waals surface area contributed by atoms with Gasteiger partial charge in [0.1, 0.15) is 0 Å². The van der Waals surface area contributed by atoms with Gasteiger partial charge in [-0.3, -0.25) is 0 Å². The van der Waals surface area contributed by atoms with Crippen molar-refractivity contribution in [3.8, 4) is 0 Å². The van der Waals surface area contributed by atoms with Gasteiger partial charge in [0.25, 0.3) is 0 Å². The van der Waals surface area contributed by atoms with Gasteiger partial charge < -0.3 is 5.32 Å². The molecule has 1 saturated carbocycles. The van der Waals surface area contributed by atoms with E-state index < -0.39 is 0 Å². The van der Waals surface area contributed by atoms with Crippen molar-refractivity contribution in [2.45, 2.75) is 38.6 Å². The first kappa shape index (κ1) is 11.1. The number of rotatable bonds is 3. The van der Waals surface area contributed by atoms with Gasteiger partial charge in [-0.25, -0.2) is 4.98 Å². The number of nitrogens with one attached hydrogen (secondary N) is 1. The van der Waals surface area contributed by atoms with Crippen molar-refractivity contribution >= 4 is 11.3 Å². The van der Waals surface area contributed by atoms with Crippen LogP contribution in [0.3, 0.4) is 0 Å². The number of nitrogens with zero attached hydrogens (tertiary/aromatic N) is 1. The average Bonchev–Trinajstić information content (AvgIpc) is 2.71. The first-order chi connectivity index (χ1) is 7.29. The summed E-state index contributed by atoms with van der Waals surface area (Å²) >= 11 is 1.79. The second-order valence-electron chi connectivity index (χ2n) is 4.70. The van der Waals surface area contributed by atoms with Crippen molar-refractivity contribution in [1.82, 2.24) is 10.3 Å². The molecule has 3 heteroatoms. The topological polar surface area (TPSA) is 24.9 Å². The van der Waals surface area contributed by atoms with E-state index in [1.54, 1.807) is 11.3 Å². The molecule has 15 heavy (non-hydrogen) atoms. The minimum atomic E-state index is 0.699. The molecule has 2 rings (SSSR count). The summed E-state index contributed by atoms with van der Waals surface area (Å²) in [7, 11) is 2.09. The quantitative estimate of drug-likeness (QED) is 0.854. The minimum absolute atomic E-state index is 0.699. The van der Waals surface area contributed by atoms with Gasteiger partial charge in [-0.2, -0.15) is 0 Å². The summed E-state index contributed by atoms with van der Waals surface area (Å²) < 4.78 is 0. The summed E-state index contributed by atoms with van der Waals surface area (Å²) in [5, 5.41) is 6.84. The highest BCUT2D eigenvalue weighted by molar-refractivity contribution is 7.09. The van der Waals surface area contributed by atoms with Crippen molar-refractivity contribution < 1.29 is 0 Å². The predicted octanol–water partition coefficient (Wildman–Crippen LogP) is 2.71. The molecule has 1 N–H and O–H groups in total. The fourth-order valence-corrected chi connectivity index (χ4v) is 3.39. The van der Waals surface area contributed by atoms with Gasteiger partial charge in [0.05, 0.1) is 5.01 Å². The molecule has 0 saturated heterocycles. The predicted molar refractivity (Wildman–Crippen MR) is 65.2 cm³/mol. The fraction of sp³-hybridized carbons (Fsp3) is 0.750. The Morgan fingerprint density at radius 1 is 1.53 bits per heavy atom. The molecule has 0 spiro atoms. The number of hydrogen-bond donors (Lipinski definition) is 1. The lowest BCUT2D eigenvalue weighted by Gasteiger charge is -2.34. The van der Waals surface area contributed by atoms with E-state index in [0.29, 0.717) is 6.04 Å². The highest BCUT2D eigenvalue weighted by atomic mass is 32.1. The maximum Gasteiger partial charge on any atom is 0.0928 e. The van der Waals surface area contributed by atoms with Crippen LogP contribution < -0.4 is 5.32 Å². The zero-order valence-electron chi connectivity index (χ0n) is 9.57. The Labute approximate surface area is 96.1 Å². The zero-order valence-corrected chi connectivity index (χ0v) is 10.4. The maximum absolute atomic E-state index is 4.39. The molecule has 0 amide bonds. The summed E-state index contributed by atoms with van der Waals surface area (Å²) in [5.41, 5.74) is 0. The molecule has 1 heterocycles. The molecule has 0 bridgehead atoms. The van der Waals surface area contributed by atoms with Crippen molar-refractivity contribution in [1.29, 1.82) is 0 Å². The number of hydrogen-bond acceptors (Lipinski definition) is 3. The lowest BCUT2D eigenvalue weighted by molar-refractivity contribution is 0.220. The number of aromatic nitrogens is 1. The smallest absolute Gasteiger partial charge is 0.0928 e. The molecule has 2 nitrogen and oxygen atoms in total. The molecule has 0 aliphatic heterocycles. The molecule has 1 aromatic heterocycles. The van der Waals surface area contributed by atoms with Crippen LogP contribution in [-0.4, -0.2) is 18.1 Å². The van der Waals surface area contributed by atoms with E-state index in [1.165, 1.54) is 24.3 Å². The van der Waals surface area contributed by atoms with Crippen LogP contribution in [0.25, 0.3) is 0 Å². The lowest BCUT2D eigenvalue weighted by Crippen LogP contribution is -2.39. The van der Waals surface area contributed by atoms with Gasteiger partial charge in [-0.05, 0) is 38.1 Å². The Morgan fingerprint density at radius 2 is 2.40 bits per heavy atom. The molecule has 3 unspecified atom stereocenters. The summed E-state index contributed by atoms with van der Waals surface area (Å²) in [6.07, 6.45) is 7.13. The normalized spacial score (nSPS) is 31.7. The third kappa shape index (κ3) is 2.79. The second-order valence-corrected chi connectivity index (χ2v) is 5.68. The van der Waals surface area contributed by atoms with E-state index in [4.69, 9.17) is 0 Å². The van der Waals surface area contributed by atoms with Gasteiger partial charge in [0.2, 0.25) is 0 Å². The molecular weight excluding hydrogens is 204 g/mol. The molecule has 0 aromatic carbocycles. The second kappa shape index (κ2) is 5.08. The standard InChI is InChI=1S/C12H20N2S/c1-9-3-4-11(13-2)10(7-9)8-12-14-5-6-15-12/h5-6,9-11,13H,3-4,7-8H2,1-2H3. The van der Waals surface area contributed by atoms with Crippen LogP contribution in [0.1, 0.15) is 31.2 Å². The molecule has 1 fully saturated rings. The van der Waals surface area contributed by atoms with Gasteiger partial charge >= 0.3 is 0 Å². The SMILES string of the molecule is CNC1CCC(C)CC1Cc1nccs1. The van der Waals surface area contributed by atoms with Gasteiger partial charge in [0, 0.05) is 24.0 Å². The fourth-order valence-electron chi connectivity index (χ4n) is 2.68. The van der Waals surface area contributed by atoms with Crippen molar-refractivity contribution in [2.75, 3.05) is 7.05 Å². The van der Waals surface area contributed by atoms with Crippen LogP contribution >= 0.6 is 11.3 Å². The van der Waals surface area contributed by atoms with Crippen molar-refractivity contribution in [3.05, 3.63) is 16.6 Å². The van der Waals surface area contributed by atoms with E-state index in [1.807, 2.05) is 6.20 Å². The zero-order chi connectivity index (χ0) is 10.7. The van der Waals surface area contributed by atoms with Gasteiger partial charge in [0.15, 0.2) is 0 Å². The van der Waals surface area contributed by atoms with E-state index in [0.717, 1.165) is 18.3 Å². The van der Waals surface area contributed by atoms with E-state index in [2.05, 4.69) is 29.7 Å². The van der Waals surface area contributed by atoms with Crippen LogP contribution in [0.2, 0.25) is 0 Å². The summed E-state index contributed by atoms with van der Waals surface area (Å²) in [6.45, 7) is 2.38. The third-order valence-corrected chi connectivity index (χ3v) is 4.34. The molecule has 3 atom stereocenters. The van der Waals surface area contributed by atoms with Gasteiger partial charge in [-0.1, -0.05) is 6.92 Å². The molecule has 1 aromatic rings. The molecule has 84 valence electrons. The maximum atomic E-state index is 4.39. The first-order valence-corrected chi connectivity index (χ1v) is 6.73. The Bertz CT molecular complexity index is 284. The largest absolute Gasteiger partial charge is 0.317 e. The van der Waals surface area contributed by atoms with Crippen LogP contribution in [0.5, 0.6) is 0 Å². The Hall–Kier alpha value is -0.410. The third-order valence-electron chi connectivity index (χ3n) is 3.54. The van der Waals surface area contributed by atoms with Crippen LogP contribution in [0.4, 0.5) is 0 Å². The molecule has 1 aliphatic carbocycles. The Kier molecular flexibility index (Phi) is 3.76. The molecular formula is C12H20N2S. The van der Waals surface area contributed by atoms with Gasteiger partial charge in [-0.15, -0.1) is 11.3 Å². The van der Waals surface area contributed by atoms with E-state index in [-0.39, 0.29) is 0 Å². The van der Waals surface area contributed by atoms with Crippen molar-refractivity contribution in [2.24, 2.45) is 11.8 Å². The lowest BCUT2D eigenvalue weighted by atomic mass is 9.77. The average molecular weight is 224 g/mol. The monoisotopic (exact) mass is 224 g/mol. The Morgan fingerprint density at radius 3 is 3.07 bits per heavy atom. The summed E-state index contributed by atoms with van der Waals surface area (Å²) in [6, 6.07) is 0.699.